The highest BCUT2D eigenvalue weighted by molar-refractivity contribution is 7.10. The van der Waals surface area contributed by atoms with E-state index < -0.39 is 5.56 Å². The molecule has 0 fully saturated rings. The van der Waals surface area contributed by atoms with Crippen LogP contribution in [0.2, 0.25) is 0 Å². The van der Waals surface area contributed by atoms with Crippen molar-refractivity contribution in [2.45, 2.75) is 32.9 Å². The van der Waals surface area contributed by atoms with Crippen LogP contribution in [-0.4, -0.2) is 9.13 Å². The average molecular weight is 308 g/mol. The lowest BCUT2D eigenvalue weighted by molar-refractivity contribution is 0.599. The maximum atomic E-state index is 12.3. The van der Waals surface area contributed by atoms with Crippen LogP contribution in [-0.2, 0) is 13.6 Å². The molecule has 3 N–H and O–H groups in total. The predicted octanol–water partition coefficient (Wildman–Crippen LogP) is 1.77. The minimum Gasteiger partial charge on any atom is -0.383 e. The van der Waals surface area contributed by atoms with Gasteiger partial charge in [0.25, 0.3) is 5.56 Å². The van der Waals surface area contributed by atoms with E-state index >= 15 is 0 Å². The zero-order valence-corrected chi connectivity index (χ0v) is 13.2. The van der Waals surface area contributed by atoms with Crippen LogP contribution in [0.4, 0.5) is 11.5 Å². The van der Waals surface area contributed by atoms with E-state index in [1.54, 1.807) is 11.3 Å². The van der Waals surface area contributed by atoms with Gasteiger partial charge in [-0.05, 0) is 24.8 Å². The van der Waals surface area contributed by atoms with Gasteiger partial charge in [-0.1, -0.05) is 13.0 Å². The van der Waals surface area contributed by atoms with Crippen molar-refractivity contribution in [3.05, 3.63) is 43.2 Å². The Kier molecular flexibility index (Phi) is 4.52. The van der Waals surface area contributed by atoms with Crippen LogP contribution in [0.25, 0.3) is 0 Å². The molecule has 2 rings (SSSR count). The third-order valence-corrected chi connectivity index (χ3v) is 4.42. The number of nitrogens with one attached hydrogen (secondary N) is 1. The topological polar surface area (TPSA) is 82.0 Å². The number of aromatic nitrogens is 2. The van der Waals surface area contributed by atoms with E-state index in [1.165, 1.54) is 11.6 Å². The Balaban J connectivity index is 2.48. The average Bonchev–Trinajstić information content (AvgIpc) is 3.00. The molecular weight excluding hydrogens is 288 g/mol. The molecule has 0 aliphatic rings. The van der Waals surface area contributed by atoms with Gasteiger partial charge in [-0.25, -0.2) is 4.79 Å². The summed E-state index contributed by atoms with van der Waals surface area (Å²) in [5.41, 5.74) is 5.54. The molecule has 2 heterocycles. The normalized spacial score (nSPS) is 12.3. The number of rotatable bonds is 5. The van der Waals surface area contributed by atoms with E-state index in [0.29, 0.717) is 6.54 Å². The van der Waals surface area contributed by atoms with Gasteiger partial charge in [0.15, 0.2) is 0 Å². The molecule has 0 bridgehead atoms. The summed E-state index contributed by atoms with van der Waals surface area (Å²) in [5.74, 6) is 0.202. The van der Waals surface area contributed by atoms with Crippen LogP contribution in [0.5, 0.6) is 0 Å². The van der Waals surface area contributed by atoms with Crippen LogP contribution < -0.4 is 22.3 Å². The van der Waals surface area contributed by atoms with Crippen molar-refractivity contribution in [2.75, 3.05) is 11.1 Å². The lowest BCUT2D eigenvalue weighted by atomic mass is 10.2. The Morgan fingerprint density at radius 3 is 2.71 bits per heavy atom. The molecule has 0 spiro atoms. The van der Waals surface area contributed by atoms with Crippen LogP contribution >= 0.6 is 11.3 Å². The van der Waals surface area contributed by atoms with Crippen molar-refractivity contribution >= 4 is 22.8 Å². The molecule has 7 heteroatoms. The summed E-state index contributed by atoms with van der Waals surface area (Å²) in [6.45, 7) is 4.40. The Labute approximate surface area is 126 Å². The first kappa shape index (κ1) is 15.4. The summed E-state index contributed by atoms with van der Waals surface area (Å²) in [4.78, 5) is 25.5. The van der Waals surface area contributed by atoms with Gasteiger partial charge in [-0.15, -0.1) is 11.3 Å². The lowest BCUT2D eigenvalue weighted by Crippen LogP contribution is -2.41. The molecule has 0 aromatic carbocycles. The summed E-state index contributed by atoms with van der Waals surface area (Å²) < 4.78 is 2.53. The molecule has 0 saturated carbocycles. The highest BCUT2D eigenvalue weighted by Gasteiger charge is 2.17. The third kappa shape index (κ3) is 2.87. The Hall–Kier alpha value is -2.02. The SMILES string of the molecule is CCCn1c(N)c(NC(C)c2cccs2)c(=O)n(C)c1=O. The van der Waals surface area contributed by atoms with Crippen LogP contribution in [0.3, 0.4) is 0 Å². The lowest BCUT2D eigenvalue weighted by Gasteiger charge is -2.18. The number of nitrogens with two attached hydrogens (primary N) is 1. The molecule has 0 aliphatic heterocycles. The summed E-state index contributed by atoms with van der Waals surface area (Å²) >= 11 is 1.60. The van der Waals surface area contributed by atoms with Crippen molar-refractivity contribution in [2.24, 2.45) is 7.05 Å². The molecule has 0 amide bonds. The van der Waals surface area contributed by atoms with E-state index in [2.05, 4.69) is 5.32 Å². The number of hydrogen-bond acceptors (Lipinski definition) is 5. The molecule has 1 atom stereocenters. The Morgan fingerprint density at radius 2 is 2.14 bits per heavy atom. The Bertz CT molecular complexity index is 731. The van der Waals surface area contributed by atoms with Crippen LogP contribution in [0.15, 0.2) is 27.1 Å². The van der Waals surface area contributed by atoms with Crippen molar-refractivity contribution in [3.8, 4) is 0 Å². The first-order valence-electron chi connectivity index (χ1n) is 6.86. The molecule has 0 saturated heterocycles. The second kappa shape index (κ2) is 6.17. The van der Waals surface area contributed by atoms with Gasteiger partial charge in [0, 0.05) is 18.5 Å². The minimum atomic E-state index is -0.395. The van der Waals surface area contributed by atoms with Gasteiger partial charge in [-0.3, -0.25) is 13.9 Å². The molecule has 1 unspecified atom stereocenters. The summed E-state index contributed by atoms with van der Waals surface area (Å²) in [6, 6.07) is 3.90. The zero-order chi connectivity index (χ0) is 15.6. The first-order chi connectivity index (χ1) is 9.97. The van der Waals surface area contributed by atoms with E-state index in [4.69, 9.17) is 5.73 Å². The fraction of sp³-hybridized carbons (Fsp3) is 0.429. The van der Waals surface area contributed by atoms with Gasteiger partial charge in [0.2, 0.25) is 0 Å². The molecule has 2 aromatic rings. The van der Waals surface area contributed by atoms with Crippen molar-refractivity contribution in [1.82, 2.24) is 9.13 Å². The number of thiophene rings is 1. The first-order valence-corrected chi connectivity index (χ1v) is 7.74. The smallest absolute Gasteiger partial charge is 0.332 e. The molecule has 2 aromatic heterocycles. The van der Waals surface area contributed by atoms with Crippen LogP contribution in [0.1, 0.15) is 31.2 Å². The summed E-state index contributed by atoms with van der Waals surface area (Å²) in [7, 11) is 1.47. The molecule has 21 heavy (non-hydrogen) atoms. The third-order valence-electron chi connectivity index (χ3n) is 3.36. The van der Waals surface area contributed by atoms with E-state index in [1.807, 2.05) is 31.4 Å². The fourth-order valence-corrected chi connectivity index (χ4v) is 2.92. The molecule has 0 radical (unpaired) electrons. The van der Waals surface area contributed by atoms with Crippen LogP contribution in [0, 0.1) is 0 Å². The second-order valence-corrected chi connectivity index (χ2v) is 5.92. The highest BCUT2D eigenvalue weighted by atomic mass is 32.1. The fourth-order valence-electron chi connectivity index (χ4n) is 2.18. The maximum absolute atomic E-state index is 12.3. The largest absolute Gasteiger partial charge is 0.383 e. The number of hydrogen-bond donors (Lipinski definition) is 2. The standard InChI is InChI=1S/C14H20N4O2S/c1-4-7-18-12(15)11(13(19)17(3)14(18)20)16-9(2)10-6-5-8-21-10/h5-6,8-9,16H,4,7,15H2,1-3H3. The molecule has 6 nitrogen and oxygen atoms in total. The number of anilines is 2. The van der Waals surface area contributed by atoms with Gasteiger partial charge >= 0.3 is 5.69 Å². The van der Waals surface area contributed by atoms with Crippen molar-refractivity contribution < 1.29 is 0 Å². The molecule has 0 aliphatic carbocycles. The van der Waals surface area contributed by atoms with E-state index in [0.717, 1.165) is 15.9 Å². The summed E-state index contributed by atoms with van der Waals surface area (Å²) in [6.07, 6.45) is 0.766. The van der Waals surface area contributed by atoms with Gasteiger partial charge < -0.3 is 11.1 Å². The second-order valence-electron chi connectivity index (χ2n) is 4.94. The monoisotopic (exact) mass is 308 g/mol. The van der Waals surface area contributed by atoms with E-state index in [9.17, 15) is 9.59 Å². The minimum absolute atomic E-state index is 0.0485. The molecular formula is C14H20N4O2S. The quantitative estimate of drug-likeness (QED) is 0.882. The Morgan fingerprint density at radius 1 is 1.43 bits per heavy atom. The number of nitrogens with zero attached hydrogens (tertiary/aromatic N) is 2. The van der Waals surface area contributed by atoms with Crippen molar-refractivity contribution in [3.63, 3.8) is 0 Å². The van der Waals surface area contributed by atoms with Crippen molar-refractivity contribution in [1.29, 1.82) is 0 Å². The predicted molar refractivity (Wildman–Crippen MR) is 87.0 cm³/mol. The van der Waals surface area contributed by atoms with Gasteiger partial charge in [-0.2, -0.15) is 0 Å². The number of nitrogen functional groups attached to an aromatic ring is 1. The highest BCUT2D eigenvalue weighted by Crippen LogP contribution is 2.23. The maximum Gasteiger partial charge on any atom is 0.332 e. The van der Waals surface area contributed by atoms with Gasteiger partial charge in [0.1, 0.15) is 11.5 Å². The van der Waals surface area contributed by atoms with E-state index in [-0.39, 0.29) is 23.2 Å². The molecule has 114 valence electrons. The van der Waals surface area contributed by atoms with Gasteiger partial charge in [0.05, 0.1) is 6.04 Å². The summed E-state index contributed by atoms with van der Waals surface area (Å²) in [5, 5.41) is 5.12. The zero-order valence-electron chi connectivity index (χ0n) is 12.4.